The molecule has 0 saturated carbocycles. The number of aromatic nitrogens is 1. The maximum atomic E-state index is 6.37. The number of nitrogens with zero attached hydrogens (tertiary/aromatic N) is 1. The summed E-state index contributed by atoms with van der Waals surface area (Å²) in [7, 11) is 0. The van der Waals surface area contributed by atoms with Crippen LogP contribution in [-0.2, 0) is 0 Å². The van der Waals surface area contributed by atoms with Gasteiger partial charge in [-0.05, 0) is 67.2 Å². The predicted molar refractivity (Wildman–Crippen MR) is 172 cm³/mol. The number of para-hydroxylation sites is 2. The molecule has 0 aliphatic carbocycles. The SMILES string of the molecule is c1ccc2cc(-c3c4ccccc4c(-c4c5ccccc5nc5oc6ccccc6c45)c4ccccc34)ccc2c1. The van der Waals surface area contributed by atoms with Gasteiger partial charge in [0.1, 0.15) is 5.58 Å². The first-order valence-electron chi connectivity index (χ1n) is 14.0. The number of furan rings is 1. The van der Waals surface area contributed by atoms with E-state index in [4.69, 9.17) is 9.40 Å². The first-order valence-corrected chi connectivity index (χ1v) is 14.0. The van der Waals surface area contributed by atoms with Gasteiger partial charge in [-0.25, -0.2) is 4.98 Å². The van der Waals surface area contributed by atoms with Crippen molar-refractivity contribution in [2.75, 3.05) is 0 Å². The fraction of sp³-hybridized carbons (Fsp3) is 0. The molecule has 0 radical (unpaired) electrons. The summed E-state index contributed by atoms with van der Waals surface area (Å²) in [5.41, 5.74) is 7.34. The Kier molecular flexibility index (Phi) is 4.64. The van der Waals surface area contributed by atoms with Gasteiger partial charge in [0.05, 0.1) is 10.9 Å². The summed E-state index contributed by atoms with van der Waals surface area (Å²) < 4.78 is 6.37. The zero-order valence-electron chi connectivity index (χ0n) is 22.1. The highest BCUT2D eigenvalue weighted by Crippen LogP contribution is 2.48. The molecule has 2 nitrogen and oxygen atoms in total. The normalized spacial score (nSPS) is 11.9. The van der Waals surface area contributed by atoms with Gasteiger partial charge in [-0.15, -0.1) is 0 Å². The average Bonchev–Trinajstić information content (AvgIpc) is 3.40. The first-order chi connectivity index (χ1) is 20.3. The minimum Gasteiger partial charge on any atom is -0.438 e. The minimum atomic E-state index is 0.673. The Bertz CT molecular complexity index is 2430. The zero-order valence-corrected chi connectivity index (χ0v) is 22.1. The van der Waals surface area contributed by atoms with Gasteiger partial charge in [-0.3, -0.25) is 0 Å². The van der Waals surface area contributed by atoms with Gasteiger partial charge in [-0.2, -0.15) is 0 Å². The minimum absolute atomic E-state index is 0.673. The highest BCUT2D eigenvalue weighted by Gasteiger charge is 2.23. The maximum absolute atomic E-state index is 6.37. The lowest BCUT2D eigenvalue weighted by Gasteiger charge is -2.19. The number of hydrogen-bond acceptors (Lipinski definition) is 2. The quantitative estimate of drug-likeness (QED) is 0.211. The van der Waals surface area contributed by atoms with Gasteiger partial charge in [-0.1, -0.05) is 121 Å². The van der Waals surface area contributed by atoms with Crippen LogP contribution >= 0.6 is 0 Å². The van der Waals surface area contributed by atoms with E-state index in [1.165, 1.54) is 54.6 Å². The van der Waals surface area contributed by atoms with Gasteiger partial charge in [0.25, 0.3) is 0 Å². The Balaban J connectivity index is 1.51. The number of benzene rings is 7. The predicted octanol–water partition coefficient (Wildman–Crippen LogP) is 10.9. The van der Waals surface area contributed by atoms with Gasteiger partial charge in [0, 0.05) is 16.3 Å². The summed E-state index contributed by atoms with van der Waals surface area (Å²) in [6, 6.07) is 49.8. The zero-order chi connectivity index (χ0) is 26.9. The lowest BCUT2D eigenvalue weighted by molar-refractivity contribution is 0.656. The number of rotatable bonds is 2. The third kappa shape index (κ3) is 3.22. The molecule has 0 aliphatic heterocycles. The molecule has 2 heterocycles. The van der Waals surface area contributed by atoms with Crippen molar-refractivity contribution in [3.63, 3.8) is 0 Å². The molecule has 0 amide bonds. The van der Waals surface area contributed by atoms with Crippen molar-refractivity contribution in [1.82, 2.24) is 4.98 Å². The topological polar surface area (TPSA) is 26.0 Å². The van der Waals surface area contributed by atoms with Crippen LogP contribution in [0, 0.1) is 0 Å². The Labute approximate surface area is 236 Å². The summed E-state index contributed by atoms with van der Waals surface area (Å²) in [4.78, 5) is 4.99. The van der Waals surface area contributed by atoms with E-state index in [2.05, 4.69) is 121 Å². The van der Waals surface area contributed by atoms with E-state index in [1.54, 1.807) is 0 Å². The third-order valence-corrected chi connectivity index (χ3v) is 8.44. The molecule has 9 rings (SSSR count). The van der Waals surface area contributed by atoms with Crippen LogP contribution in [0.4, 0.5) is 0 Å². The smallest absolute Gasteiger partial charge is 0.228 e. The molecule has 9 aromatic rings. The van der Waals surface area contributed by atoms with Crippen LogP contribution in [0.25, 0.3) is 87.5 Å². The first kappa shape index (κ1) is 22.4. The summed E-state index contributed by atoms with van der Waals surface area (Å²) in [5.74, 6) is 0. The van der Waals surface area contributed by atoms with E-state index < -0.39 is 0 Å². The van der Waals surface area contributed by atoms with Gasteiger partial charge in [0.2, 0.25) is 5.71 Å². The van der Waals surface area contributed by atoms with E-state index in [-0.39, 0.29) is 0 Å². The Morgan fingerprint density at radius 1 is 0.415 bits per heavy atom. The Morgan fingerprint density at radius 2 is 0.976 bits per heavy atom. The van der Waals surface area contributed by atoms with Crippen molar-refractivity contribution in [2.24, 2.45) is 0 Å². The average molecular weight is 522 g/mol. The summed E-state index contributed by atoms with van der Waals surface area (Å²) in [6.45, 7) is 0. The molecule has 0 saturated heterocycles. The van der Waals surface area contributed by atoms with Gasteiger partial charge < -0.3 is 4.42 Å². The lowest BCUT2D eigenvalue weighted by Crippen LogP contribution is -1.93. The van der Waals surface area contributed by atoms with E-state index >= 15 is 0 Å². The molecule has 7 aromatic carbocycles. The van der Waals surface area contributed by atoms with Gasteiger partial charge >= 0.3 is 0 Å². The van der Waals surface area contributed by atoms with Crippen molar-refractivity contribution in [1.29, 1.82) is 0 Å². The van der Waals surface area contributed by atoms with Crippen molar-refractivity contribution < 1.29 is 4.42 Å². The van der Waals surface area contributed by atoms with Crippen LogP contribution in [0.5, 0.6) is 0 Å². The van der Waals surface area contributed by atoms with E-state index in [9.17, 15) is 0 Å². The molecule has 0 atom stereocenters. The lowest BCUT2D eigenvalue weighted by atomic mass is 9.84. The third-order valence-electron chi connectivity index (χ3n) is 8.44. The summed E-state index contributed by atoms with van der Waals surface area (Å²) in [5, 5.41) is 10.7. The second-order valence-corrected chi connectivity index (χ2v) is 10.7. The molecule has 0 bridgehead atoms. The highest BCUT2D eigenvalue weighted by atomic mass is 16.3. The van der Waals surface area contributed by atoms with Crippen LogP contribution < -0.4 is 0 Å². The molecule has 2 heteroatoms. The molecule has 0 unspecified atom stereocenters. The highest BCUT2D eigenvalue weighted by molar-refractivity contribution is 6.29. The molecule has 0 N–H and O–H groups in total. The molecular weight excluding hydrogens is 498 g/mol. The van der Waals surface area contributed by atoms with Crippen molar-refractivity contribution in [3.8, 4) is 22.3 Å². The molecule has 0 fully saturated rings. The fourth-order valence-corrected chi connectivity index (χ4v) is 6.69. The van der Waals surface area contributed by atoms with E-state index in [0.717, 1.165) is 27.3 Å². The van der Waals surface area contributed by atoms with Crippen molar-refractivity contribution >= 4 is 65.3 Å². The van der Waals surface area contributed by atoms with Crippen molar-refractivity contribution in [2.45, 2.75) is 0 Å². The second-order valence-electron chi connectivity index (χ2n) is 10.7. The van der Waals surface area contributed by atoms with Crippen LogP contribution in [0.15, 0.2) is 144 Å². The molecular formula is C39H23NO. The van der Waals surface area contributed by atoms with Crippen LogP contribution in [0.3, 0.4) is 0 Å². The molecule has 0 aliphatic rings. The largest absolute Gasteiger partial charge is 0.438 e. The molecule has 41 heavy (non-hydrogen) atoms. The Hall–Kier alpha value is -5.47. The van der Waals surface area contributed by atoms with Gasteiger partial charge in [0.15, 0.2) is 0 Å². The fourth-order valence-electron chi connectivity index (χ4n) is 6.69. The Morgan fingerprint density at radius 3 is 1.71 bits per heavy atom. The second kappa shape index (κ2) is 8.51. The molecule has 2 aromatic heterocycles. The number of pyridine rings is 1. The van der Waals surface area contributed by atoms with Crippen LogP contribution in [0.2, 0.25) is 0 Å². The molecule has 190 valence electrons. The van der Waals surface area contributed by atoms with Crippen molar-refractivity contribution in [3.05, 3.63) is 140 Å². The standard InChI is InChI=1S/C39H23NO/c1-2-12-25-23-26(22-21-24(25)11-1)35-27-13-3-5-15-29(27)36(30-16-6-4-14-28(30)35)37-31-17-7-9-19-33(31)40-39-38(37)32-18-8-10-20-34(32)41-39/h1-23H. The monoisotopic (exact) mass is 521 g/mol. The maximum Gasteiger partial charge on any atom is 0.228 e. The van der Waals surface area contributed by atoms with Crippen LogP contribution in [0.1, 0.15) is 0 Å². The van der Waals surface area contributed by atoms with E-state index in [1.807, 2.05) is 18.2 Å². The summed E-state index contributed by atoms with van der Waals surface area (Å²) in [6.07, 6.45) is 0. The van der Waals surface area contributed by atoms with Crippen LogP contribution in [-0.4, -0.2) is 4.98 Å². The number of hydrogen-bond donors (Lipinski definition) is 0. The molecule has 0 spiro atoms. The number of fused-ring (bicyclic) bond motifs is 7. The summed E-state index contributed by atoms with van der Waals surface area (Å²) >= 11 is 0. The van der Waals surface area contributed by atoms with E-state index in [0.29, 0.717) is 5.71 Å².